The number of benzene rings is 1. The van der Waals surface area contributed by atoms with Gasteiger partial charge in [-0.05, 0) is 41.9 Å². The van der Waals surface area contributed by atoms with E-state index in [4.69, 9.17) is 11.6 Å². The second-order valence-electron chi connectivity index (χ2n) is 3.82. The zero-order chi connectivity index (χ0) is 14.2. The van der Waals surface area contributed by atoms with Crippen LogP contribution in [0.25, 0.3) is 0 Å². The van der Waals surface area contributed by atoms with Gasteiger partial charge in [0, 0.05) is 9.35 Å². The standard InChI is InChI=1S/C11H10BrClN2O2S2/c1-6-7(2)18-11(14-6)15-19(16,17)10-8(12)4-3-5-9(10)13/h3-5H,1-2H3,(H,14,15). The zero-order valence-corrected chi connectivity index (χ0v) is 14.0. The molecule has 102 valence electrons. The molecular formula is C11H10BrClN2O2S2. The first-order chi connectivity index (χ1) is 8.81. The van der Waals surface area contributed by atoms with Crippen LogP contribution in [0.4, 0.5) is 5.13 Å². The molecule has 2 rings (SSSR count). The molecular weight excluding hydrogens is 372 g/mol. The van der Waals surface area contributed by atoms with Crippen molar-refractivity contribution in [3.05, 3.63) is 38.3 Å². The van der Waals surface area contributed by atoms with Crippen molar-refractivity contribution in [1.29, 1.82) is 0 Å². The van der Waals surface area contributed by atoms with Gasteiger partial charge in [0.1, 0.15) is 4.90 Å². The number of hydrogen-bond acceptors (Lipinski definition) is 4. The Labute approximate surface area is 129 Å². The van der Waals surface area contributed by atoms with Crippen LogP contribution in [0.3, 0.4) is 0 Å². The van der Waals surface area contributed by atoms with Gasteiger partial charge in [0.05, 0.1) is 10.7 Å². The van der Waals surface area contributed by atoms with E-state index in [9.17, 15) is 8.42 Å². The topological polar surface area (TPSA) is 59.1 Å². The lowest BCUT2D eigenvalue weighted by molar-refractivity contribution is 0.601. The largest absolute Gasteiger partial charge is 0.266 e. The van der Waals surface area contributed by atoms with Crippen LogP contribution in [-0.4, -0.2) is 13.4 Å². The summed E-state index contributed by atoms with van der Waals surface area (Å²) < 4.78 is 27.5. The lowest BCUT2D eigenvalue weighted by Gasteiger charge is -2.08. The van der Waals surface area contributed by atoms with Gasteiger partial charge in [0.25, 0.3) is 10.0 Å². The summed E-state index contributed by atoms with van der Waals surface area (Å²) in [6.45, 7) is 3.71. The van der Waals surface area contributed by atoms with Gasteiger partial charge in [-0.3, -0.25) is 4.72 Å². The molecule has 19 heavy (non-hydrogen) atoms. The maximum atomic E-state index is 12.3. The molecule has 8 heteroatoms. The molecule has 0 atom stereocenters. The van der Waals surface area contributed by atoms with E-state index in [1.807, 2.05) is 13.8 Å². The molecule has 0 fully saturated rings. The summed E-state index contributed by atoms with van der Waals surface area (Å²) >= 11 is 10.4. The van der Waals surface area contributed by atoms with Crippen molar-refractivity contribution in [2.45, 2.75) is 18.7 Å². The summed E-state index contributed by atoms with van der Waals surface area (Å²) in [6.07, 6.45) is 0. The quantitative estimate of drug-likeness (QED) is 0.875. The molecule has 0 unspecified atom stereocenters. The number of anilines is 1. The van der Waals surface area contributed by atoms with Crippen molar-refractivity contribution in [2.24, 2.45) is 0 Å². The number of nitrogens with one attached hydrogen (secondary N) is 1. The number of rotatable bonds is 3. The lowest BCUT2D eigenvalue weighted by Crippen LogP contribution is -2.14. The number of thiazole rings is 1. The Morgan fingerprint density at radius 3 is 2.58 bits per heavy atom. The van der Waals surface area contributed by atoms with Crippen LogP contribution in [0.15, 0.2) is 27.6 Å². The van der Waals surface area contributed by atoms with Gasteiger partial charge < -0.3 is 0 Å². The minimum absolute atomic E-state index is 0.0159. The van der Waals surface area contributed by atoms with E-state index in [-0.39, 0.29) is 9.92 Å². The fourth-order valence-electron chi connectivity index (χ4n) is 1.42. The van der Waals surface area contributed by atoms with Crippen molar-refractivity contribution >= 4 is 54.0 Å². The summed E-state index contributed by atoms with van der Waals surface area (Å²) in [5.74, 6) is 0. The van der Waals surface area contributed by atoms with Gasteiger partial charge in [0.15, 0.2) is 5.13 Å². The summed E-state index contributed by atoms with van der Waals surface area (Å²) in [7, 11) is -3.76. The summed E-state index contributed by atoms with van der Waals surface area (Å²) in [6, 6.07) is 4.82. The Kier molecular flexibility index (Phi) is 4.20. The first-order valence-electron chi connectivity index (χ1n) is 5.22. The van der Waals surface area contributed by atoms with Crippen LogP contribution in [-0.2, 0) is 10.0 Å². The SMILES string of the molecule is Cc1nc(NS(=O)(=O)c2c(Cl)cccc2Br)sc1C. The van der Waals surface area contributed by atoms with Crippen LogP contribution in [0.1, 0.15) is 10.6 Å². The maximum absolute atomic E-state index is 12.3. The number of hydrogen-bond donors (Lipinski definition) is 1. The Balaban J connectivity index is 2.43. The van der Waals surface area contributed by atoms with E-state index in [2.05, 4.69) is 25.6 Å². The van der Waals surface area contributed by atoms with Crippen molar-refractivity contribution < 1.29 is 8.42 Å². The number of nitrogens with zero attached hydrogens (tertiary/aromatic N) is 1. The predicted molar refractivity (Wildman–Crippen MR) is 81.5 cm³/mol. The lowest BCUT2D eigenvalue weighted by atomic mass is 10.4. The van der Waals surface area contributed by atoms with E-state index >= 15 is 0 Å². The molecule has 1 N–H and O–H groups in total. The predicted octanol–water partition coefficient (Wildman–Crippen LogP) is 3.98. The number of sulfonamides is 1. The highest BCUT2D eigenvalue weighted by atomic mass is 79.9. The van der Waals surface area contributed by atoms with Crippen molar-refractivity contribution in [2.75, 3.05) is 4.72 Å². The second-order valence-corrected chi connectivity index (χ2v) is 7.90. The molecule has 0 aliphatic heterocycles. The molecule has 1 heterocycles. The third kappa shape index (κ3) is 3.10. The average Bonchev–Trinajstić information content (AvgIpc) is 2.55. The molecule has 0 bridgehead atoms. The average molecular weight is 382 g/mol. The Hall–Kier alpha value is -0.630. The summed E-state index contributed by atoms with van der Waals surface area (Å²) in [5, 5.41) is 0.494. The molecule has 2 aromatic rings. The van der Waals surface area contributed by atoms with Gasteiger partial charge in [-0.1, -0.05) is 17.7 Å². The molecule has 0 radical (unpaired) electrons. The highest BCUT2D eigenvalue weighted by Gasteiger charge is 2.22. The molecule has 1 aromatic carbocycles. The Morgan fingerprint density at radius 1 is 1.37 bits per heavy atom. The van der Waals surface area contributed by atoms with Crippen molar-refractivity contribution in [3.63, 3.8) is 0 Å². The molecule has 0 aliphatic carbocycles. The zero-order valence-electron chi connectivity index (χ0n) is 10.1. The normalized spacial score (nSPS) is 11.6. The molecule has 0 saturated carbocycles. The molecule has 4 nitrogen and oxygen atoms in total. The van der Waals surface area contributed by atoms with Crippen LogP contribution < -0.4 is 4.72 Å². The van der Waals surface area contributed by atoms with E-state index in [1.165, 1.54) is 17.4 Å². The van der Waals surface area contributed by atoms with E-state index < -0.39 is 10.0 Å². The Morgan fingerprint density at radius 2 is 2.05 bits per heavy atom. The third-order valence-corrected chi connectivity index (χ3v) is 6.35. The second kappa shape index (κ2) is 5.40. The van der Waals surface area contributed by atoms with Gasteiger partial charge in [-0.2, -0.15) is 0 Å². The number of aromatic nitrogens is 1. The molecule has 1 aromatic heterocycles. The van der Waals surface area contributed by atoms with Crippen molar-refractivity contribution in [1.82, 2.24) is 4.98 Å². The van der Waals surface area contributed by atoms with Crippen LogP contribution in [0.2, 0.25) is 5.02 Å². The molecule has 0 spiro atoms. The van der Waals surface area contributed by atoms with Crippen molar-refractivity contribution in [3.8, 4) is 0 Å². The van der Waals surface area contributed by atoms with E-state index in [1.54, 1.807) is 12.1 Å². The van der Waals surface area contributed by atoms with Gasteiger partial charge >= 0.3 is 0 Å². The highest BCUT2D eigenvalue weighted by molar-refractivity contribution is 9.10. The minimum Gasteiger partial charge on any atom is -0.255 e. The van der Waals surface area contributed by atoms with Crippen LogP contribution >= 0.6 is 38.9 Å². The fourth-order valence-corrected chi connectivity index (χ4v) is 5.21. The first kappa shape index (κ1) is 14.8. The van der Waals surface area contributed by atoms with Gasteiger partial charge in [0.2, 0.25) is 0 Å². The molecule has 0 amide bonds. The van der Waals surface area contributed by atoms with E-state index in [0.29, 0.717) is 9.60 Å². The number of halogens is 2. The van der Waals surface area contributed by atoms with Gasteiger partial charge in [-0.25, -0.2) is 13.4 Å². The van der Waals surface area contributed by atoms with Crippen LogP contribution in [0.5, 0.6) is 0 Å². The molecule has 0 aliphatic rings. The monoisotopic (exact) mass is 380 g/mol. The van der Waals surface area contributed by atoms with Crippen LogP contribution in [0, 0.1) is 13.8 Å². The van der Waals surface area contributed by atoms with Gasteiger partial charge in [-0.15, -0.1) is 11.3 Å². The summed E-state index contributed by atoms with van der Waals surface area (Å²) in [4.78, 5) is 5.13. The highest BCUT2D eigenvalue weighted by Crippen LogP contribution is 2.32. The minimum atomic E-state index is -3.76. The summed E-state index contributed by atoms with van der Waals surface area (Å²) in [5.41, 5.74) is 0.806. The molecule has 0 saturated heterocycles. The van der Waals surface area contributed by atoms with E-state index in [0.717, 1.165) is 10.6 Å². The first-order valence-corrected chi connectivity index (χ1v) is 8.69. The maximum Gasteiger partial charge on any atom is 0.266 e. The Bertz CT molecular complexity index is 689. The smallest absolute Gasteiger partial charge is 0.255 e. The third-order valence-electron chi connectivity index (χ3n) is 2.44. The number of aryl methyl sites for hydroxylation is 2. The fraction of sp³-hybridized carbons (Fsp3) is 0.182.